The van der Waals surface area contributed by atoms with Crippen LogP contribution >= 0.6 is 0 Å². The average Bonchev–Trinajstić information content (AvgIpc) is 2.73. The summed E-state index contributed by atoms with van der Waals surface area (Å²) in [7, 11) is 3.22. The van der Waals surface area contributed by atoms with Crippen LogP contribution < -0.4 is 15.0 Å². The van der Waals surface area contributed by atoms with E-state index < -0.39 is 0 Å². The minimum Gasteiger partial charge on any atom is -0.497 e. The van der Waals surface area contributed by atoms with Crippen LogP contribution in [0, 0.1) is 0 Å². The second-order valence-electron chi connectivity index (χ2n) is 6.53. The molecule has 0 bridgehead atoms. The first-order valence-electron chi connectivity index (χ1n) is 9.14. The van der Waals surface area contributed by atoms with Gasteiger partial charge in [0.15, 0.2) is 0 Å². The number of carbonyl (C=O) groups excluding carboxylic acids is 1. The van der Waals surface area contributed by atoms with Gasteiger partial charge in [0, 0.05) is 29.4 Å². The largest absolute Gasteiger partial charge is 0.497 e. The van der Waals surface area contributed by atoms with Crippen molar-refractivity contribution in [2.24, 2.45) is 0 Å². The second kappa shape index (κ2) is 8.61. The number of nitrogens with one attached hydrogen (secondary N) is 1. The topological polar surface area (TPSA) is 71.6 Å². The van der Waals surface area contributed by atoms with Crippen molar-refractivity contribution in [3.8, 4) is 11.5 Å². The van der Waals surface area contributed by atoms with Crippen LogP contribution in [0.25, 0.3) is 10.9 Å². The van der Waals surface area contributed by atoms with Gasteiger partial charge in [-0.15, -0.1) is 0 Å². The minimum atomic E-state index is -0.193. The van der Waals surface area contributed by atoms with Gasteiger partial charge in [-0.25, -0.2) is 0 Å². The van der Waals surface area contributed by atoms with Crippen LogP contribution in [-0.2, 0) is 17.9 Å². The van der Waals surface area contributed by atoms with Gasteiger partial charge >= 0.3 is 0 Å². The van der Waals surface area contributed by atoms with Gasteiger partial charge in [0.1, 0.15) is 11.5 Å². The smallest absolute Gasteiger partial charge is 0.253 e. The molecule has 0 saturated carbocycles. The number of hydrogen-bond donors (Lipinski definition) is 1. The first-order valence-corrected chi connectivity index (χ1v) is 9.14. The van der Waals surface area contributed by atoms with Crippen LogP contribution in [0.3, 0.4) is 0 Å². The molecule has 0 atom stereocenters. The maximum atomic E-state index is 12.5. The molecule has 0 radical (unpaired) electrons. The SMILES string of the molecule is CCC(=O)N(Cc1ccc(OC)cc1)Cc1cc2cc(OC)ccc2[nH]c1=O. The predicted molar refractivity (Wildman–Crippen MR) is 109 cm³/mol. The van der Waals surface area contributed by atoms with Crippen molar-refractivity contribution in [2.45, 2.75) is 26.4 Å². The molecular weight excluding hydrogens is 356 g/mol. The van der Waals surface area contributed by atoms with Gasteiger partial charge in [0.05, 0.1) is 20.8 Å². The van der Waals surface area contributed by atoms with E-state index >= 15 is 0 Å². The van der Waals surface area contributed by atoms with E-state index in [-0.39, 0.29) is 18.0 Å². The van der Waals surface area contributed by atoms with Crippen molar-refractivity contribution in [1.82, 2.24) is 9.88 Å². The molecule has 1 heterocycles. The Kier molecular flexibility index (Phi) is 5.99. The van der Waals surface area contributed by atoms with Crippen molar-refractivity contribution in [1.29, 1.82) is 0 Å². The standard InChI is InChI=1S/C22H24N2O4/c1-4-21(25)24(13-15-5-7-18(27-2)8-6-15)14-17-11-16-12-19(28-3)9-10-20(16)23-22(17)26/h5-12H,4,13-14H2,1-3H3,(H,23,26). The molecule has 0 spiro atoms. The zero-order chi connectivity index (χ0) is 20.1. The first-order chi connectivity index (χ1) is 13.5. The van der Waals surface area contributed by atoms with Crippen LogP contribution in [0.15, 0.2) is 53.3 Å². The van der Waals surface area contributed by atoms with Gasteiger partial charge in [-0.1, -0.05) is 19.1 Å². The molecule has 1 amide bonds. The van der Waals surface area contributed by atoms with Gasteiger partial charge < -0.3 is 19.4 Å². The van der Waals surface area contributed by atoms with E-state index in [1.54, 1.807) is 25.2 Å². The highest BCUT2D eigenvalue weighted by Gasteiger charge is 2.15. The molecule has 0 aliphatic heterocycles. The molecule has 6 nitrogen and oxygen atoms in total. The number of pyridine rings is 1. The first kappa shape index (κ1) is 19.5. The monoisotopic (exact) mass is 380 g/mol. The van der Waals surface area contributed by atoms with E-state index in [4.69, 9.17) is 9.47 Å². The van der Waals surface area contributed by atoms with Crippen molar-refractivity contribution in [2.75, 3.05) is 14.2 Å². The lowest BCUT2D eigenvalue weighted by Crippen LogP contribution is -2.31. The number of hydrogen-bond acceptors (Lipinski definition) is 4. The van der Waals surface area contributed by atoms with E-state index in [1.165, 1.54) is 0 Å². The number of amides is 1. The predicted octanol–water partition coefficient (Wildman–Crippen LogP) is 3.48. The molecule has 28 heavy (non-hydrogen) atoms. The van der Waals surface area contributed by atoms with Crippen LogP contribution in [0.5, 0.6) is 11.5 Å². The molecule has 2 aromatic carbocycles. The summed E-state index contributed by atoms with van der Waals surface area (Å²) in [5.41, 5.74) is 2.05. The molecule has 3 rings (SSSR count). The lowest BCUT2D eigenvalue weighted by atomic mass is 10.1. The summed E-state index contributed by atoms with van der Waals surface area (Å²) in [4.78, 5) is 29.6. The summed E-state index contributed by atoms with van der Waals surface area (Å²) in [6.45, 7) is 2.48. The molecule has 1 aromatic heterocycles. The van der Waals surface area contributed by atoms with E-state index in [9.17, 15) is 9.59 Å². The lowest BCUT2D eigenvalue weighted by Gasteiger charge is -2.22. The van der Waals surface area contributed by atoms with Crippen molar-refractivity contribution in [3.05, 3.63) is 70.0 Å². The number of aromatic nitrogens is 1. The van der Waals surface area contributed by atoms with Crippen molar-refractivity contribution < 1.29 is 14.3 Å². The molecule has 1 N–H and O–H groups in total. The van der Waals surface area contributed by atoms with Gasteiger partial charge in [0.25, 0.3) is 5.56 Å². The van der Waals surface area contributed by atoms with Gasteiger partial charge in [-0.2, -0.15) is 0 Å². The highest BCUT2D eigenvalue weighted by Crippen LogP contribution is 2.20. The Morgan fingerprint density at radius 3 is 2.29 bits per heavy atom. The van der Waals surface area contributed by atoms with Crippen LogP contribution in [0.1, 0.15) is 24.5 Å². The molecule has 146 valence electrons. The van der Waals surface area contributed by atoms with Crippen LogP contribution in [0.2, 0.25) is 0 Å². The fraction of sp³-hybridized carbons (Fsp3) is 0.273. The van der Waals surface area contributed by atoms with E-state index in [1.807, 2.05) is 49.4 Å². The third-order valence-electron chi connectivity index (χ3n) is 4.68. The molecule has 3 aromatic rings. The van der Waals surface area contributed by atoms with Crippen molar-refractivity contribution in [3.63, 3.8) is 0 Å². The van der Waals surface area contributed by atoms with E-state index in [0.29, 0.717) is 24.3 Å². The number of nitrogens with zero attached hydrogens (tertiary/aromatic N) is 1. The molecule has 6 heteroatoms. The number of H-pyrrole nitrogens is 1. The van der Waals surface area contributed by atoms with Gasteiger partial charge in [-0.05, 0) is 42.0 Å². The Labute approximate surface area is 163 Å². The van der Waals surface area contributed by atoms with Crippen LogP contribution in [0.4, 0.5) is 0 Å². The number of carbonyl (C=O) groups is 1. The zero-order valence-corrected chi connectivity index (χ0v) is 16.3. The quantitative estimate of drug-likeness (QED) is 0.681. The number of methoxy groups -OCH3 is 2. The summed E-state index contributed by atoms with van der Waals surface area (Å²) in [6.07, 6.45) is 0.370. The molecular formula is C22H24N2O4. The molecule has 0 saturated heterocycles. The summed E-state index contributed by atoms with van der Waals surface area (Å²) in [6, 6.07) is 14.9. The number of rotatable bonds is 7. The van der Waals surface area contributed by atoms with E-state index in [0.717, 1.165) is 22.2 Å². The number of aromatic amines is 1. The zero-order valence-electron chi connectivity index (χ0n) is 16.3. The number of fused-ring (bicyclic) bond motifs is 1. The fourth-order valence-corrected chi connectivity index (χ4v) is 3.09. The minimum absolute atomic E-state index is 0.0130. The average molecular weight is 380 g/mol. The second-order valence-corrected chi connectivity index (χ2v) is 6.53. The summed E-state index contributed by atoms with van der Waals surface area (Å²) >= 11 is 0. The maximum absolute atomic E-state index is 12.5. The van der Waals surface area contributed by atoms with Gasteiger partial charge in [0.2, 0.25) is 5.91 Å². The Morgan fingerprint density at radius 1 is 0.964 bits per heavy atom. The number of benzene rings is 2. The highest BCUT2D eigenvalue weighted by molar-refractivity contribution is 5.81. The Morgan fingerprint density at radius 2 is 1.64 bits per heavy atom. The summed E-state index contributed by atoms with van der Waals surface area (Å²) < 4.78 is 10.4. The maximum Gasteiger partial charge on any atom is 0.253 e. The van der Waals surface area contributed by atoms with Crippen molar-refractivity contribution >= 4 is 16.8 Å². The Hall–Kier alpha value is -3.28. The normalized spacial score (nSPS) is 10.7. The summed E-state index contributed by atoms with van der Waals surface area (Å²) in [5, 5.41) is 0.863. The third kappa shape index (κ3) is 4.34. The van der Waals surface area contributed by atoms with E-state index in [2.05, 4.69) is 4.98 Å². The molecule has 0 aliphatic rings. The fourth-order valence-electron chi connectivity index (χ4n) is 3.09. The molecule has 0 unspecified atom stereocenters. The van der Waals surface area contributed by atoms with Crippen LogP contribution in [-0.4, -0.2) is 30.0 Å². The van der Waals surface area contributed by atoms with Gasteiger partial charge in [-0.3, -0.25) is 9.59 Å². The Balaban J connectivity index is 1.90. The summed E-state index contributed by atoms with van der Waals surface area (Å²) in [5.74, 6) is 1.46. The highest BCUT2D eigenvalue weighted by atomic mass is 16.5. The molecule has 0 aliphatic carbocycles. The molecule has 0 fully saturated rings. The Bertz CT molecular complexity index is 1020. The third-order valence-corrected chi connectivity index (χ3v) is 4.68. The number of ether oxygens (including phenoxy) is 2. The lowest BCUT2D eigenvalue weighted by molar-refractivity contribution is -0.132.